The van der Waals surface area contributed by atoms with E-state index < -0.39 is 18.2 Å². The molecule has 0 spiro atoms. The first kappa shape index (κ1) is 37.6. The highest BCUT2D eigenvalue weighted by Gasteiger charge is 2.20. The van der Waals surface area contributed by atoms with Crippen LogP contribution in [-0.4, -0.2) is 46.1 Å². The Hall–Kier alpha value is -1.43. The molecule has 4 N–H and O–H groups in total. The van der Waals surface area contributed by atoms with Crippen LogP contribution in [0.2, 0.25) is 0 Å². The maximum absolute atomic E-state index is 12.3. The minimum Gasteiger partial charge on any atom is -0.394 e. The molecule has 0 aliphatic heterocycles. The number of allylic oxidation sites excluding steroid dienone is 5. The zero-order chi connectivity index (χ0) is 28.8. The van der Waals surface area contributed by atoms with E-state index in [9.17, 15) is 20.1 Å². The third-order valence-electron chi connectivity index (χ3n) is 7.17. The van der Waals surface area contributed by atoms with Crippen molar-refractivity contribution in [3.05, 3.63) is 36.5 Å². The van der Waals surface area contributed by atoms with Gasteiger partial charge < -0.3 is 20.6 Å². The molecule has 3 atom stereocenters. The second-order valence-corrected chi connectivity index (χ2v) is 11.1. The predicted octanol–water partition coefficient (Wildman–Crippen LogP) is 8.09. The number of nitrogens with one attached hydrogen (secondary N) is 1. The Morgan fingerprint density at radius 3 is 1.74 bits per heavy atom. The summed E-state index contributed by atoms with van der Waals surface area (Å²) in [7, 11) is 0. The minimum atomic E-state index is -0.928. The second kappa shape index (κ2) is 29.6. The minimum absolute atomic E-state index is 0.00279. The van der Waals surface area contributed by atoms with Gasteiger partial charge in [0.1, 0.15) is 0 Å². The van der Waals surface area contributed by atoms with Gasteiger partial charge in [0.15, 0.2) is 0 Å². The topological polar surface area (TPSA) is 89.8 Å². The normalized spacial score (nSPS) is 14.5. The summed E-state index contributed by atoms with van der Waals surface area (Å²) < 4.78 is 0. The fourth-order valence-corrected chi connectivity index (χ4v) is 4.60. The summed E-state index contributed by atoms with van der Waals surface area (Å²) in [4.78, 5) is 12.3. The Labute approximate surface area is 241 Å². The van der Waals surface area contributed by atoms with Gasteiger partial charge in [-0.25, -0.2) is 0 Å². The first-order valence-electron chi connectivity index (χ1n) is 16.3. The number of amides is 1. The average Bonchev–Trinajstić information content (AvgIpc) is 2.92. The molecule has 0 bridgehead atoms. The number of aliphatic hydroxyl groups is 3. The molecule has 5 nitrogen and oxygen atoms in total. The second-order valence-electron chi connectivity index (χ2n) is 11.1. The fraction of sp³-hybridized carbons (Fsp3) is 0.794. The van der Waals surface area contributed by atoms with Gasteiger partial charge in [-0.05, 0) is 51.4 Å². The standard InChI is InChI=1S/C34H63NO4/c1-3-5-7-9-11-13-14-15-16-17-18-20-21-23-25-27-31(37)29-34(39)35-32(30-36)33(38)28-26-24-22-19-12-10-8-6-4-2/h11,13,15-16,26,28,31-33,36-38H,3-10,12,14,17-25,27,29-30H2,1-2H3,(H,35,39)/b13-11-,16-15-,28-26+. The van der Waals surface area contributed by atoms with Gasteiger partial charge in [-0.3, -0.25) is 4.79 Å². The smallest absolute Gasteiger partial charge is 0.222 e. The van der Waals surface area contributed by atoms with E-state index in [1.54, 1.807) is 6.08 Å². The highest BCUT2D eigenvalue weighted by atomic mass is 16.3. The molecule has 1 amide bonds. The summed E-state index contributed by atoms with van der Waals surface area (Å²) in [6.45, 7) is 4.12. The lowest BCUT2D eigenvalue weighted by Crippen LogP contribution is -2.45. The lowest BCUT2D eigenvalue weighted by molar-refractivity contribution is -0.124. The van der Waals surface area contributed by atoms with Crippen molar-refractivity contribution in [3.63, 3.8) is 0 Å². The molecule has 0 fully saturated rings. The van der Waals surface area contributed by atoms with Crippen LogP contribution in [0, 0.1) is 0 Å². The molecule has 0 saturated heterocycles. The van der Waals surface area contributed by atoms with Crippen LogP contribution in [0.3, 0.4) is 0 Å². The maximum Gasteiger partial charge on any atom is 0.222 e. The molecule has 0 aliphatic rings. The van der Waals surface area contributed by atoms with Gasteiger partial charge in [0.25, 0.3) is 0 Å². The van der Waals surface area contributed by atoms with Gasteiger partial charge in [-0.2, -0.15) is 0 Å². The number of aliphatic hydroxyl groups excluding tert-OH is 3. The molecular weight excluding hydrogens is 486 g/mol. The Kier molecular flexibility index (Phi) is 28.5. The summed E-state index contributed by atoms with van der Waals surface area (Å²) in [6, 6.07) is -0.745. The number of rotatable bonds is 28. The molecule has 0 aliphatic carbocycles. The molecule has 0 aromatic rings. The van der Waals surface area contributed by atoms with Crippen LogP contribution in [0.5, 0.6) is 0 Å². The number of hydrogen-bond acceptors (Lipinski definition) is 4. The molecule has 39 heavy (non-hydrogen) atoms. The molecule has 228 valence electrons. The average molecular weight is 550 g/mol. The largest absolute Gasteiger partial charge is 0.394 e. The quantitative estimate of drug-likeness (QED) is 0.0586. The fourth-order valence-electron chi connectivity index (χ4n) is 4.60. The summed E-state index contributed by atoms with van der Waals surface area (Å²) >= 11 is 0. The first-order valence-corrected chi connectivity index (χ1v) is 16.3. The highest BCUT2D eigenvalue weighted by Crippen LogP contribution is 2.12. The van der Waals surface area contributed by atoms with E-state index in [-0.39, 0.29) is 18.9 Å². The number of hydrogen-bond donors (Lipinski definition) is 4. The molecule has 0 saturated carbocycles. The lowest BCUT2D eigenvalue weighted by Gasteiger charge is -2.21. The highest BCUT2D eigenvalue weighted by molar-refractivity contribution is 5.76. The monoisotopic (exact) mass is 549 g/mol. The molecule has 0 radical (unpaired) electrons. The number of carbonyl (C=O) groups is 1. The van der Waals surface area contributed by atoms with E-state index in [0.717, 1.165) is 44.9 Å². The van der Waals surface area contributed by atoms with Gasteiger partial charge in [0, 0.05) is 0 Å². The predicted molar refractivity (Wildman–Crippen MR) is 167 cm³/mol. The van der Waals surface area contributed by atoms with Crippen LogP contribution in [-0.2, 0) is 4.79 Å². The van der Waals surface area contributed by atoms with Gasteiger partial charge in [-0.15, -0.1) is 0 Å². The van der Waals surface area contributed by atoms with E-state index in [1.165, 1.54) is 77.0 Å². The third kappa shape index (κ3) is 26.6. The number of unbranched alkanes of at least 4 members (excludes halogenated alkanes) is 15. The van der Waals surface area contributed by atoms with Crippen LogP contribution < -0.4 is 5.32 Å². The molecule has 3 unspecified atom stereocenters. The van der Waals surface area contributed by atoms with Crippen LogP contribution in [0.25, 0.3) is 0 Å². The first-order chi connectivity index (χ1) is 19.0. The van der Waals surface area contributed by atoms with Crippen LogP contribution in [0.4, 0.5) is 0 Å². The van der Waals surface area contributed by atoms with Crippen LogP contribution in [0.15, 0.2) is 36.5 Å². The van der Waals surface area contributed by atoms with Crippen LogP contribution in [0.1, 0.15) is 149 Å². The summed E-state index contributed by atoms with van der Waals surface area (Å²) in [5.74, 6) is -0.330. The molecular formula is C34H63NO4. The molecule has 0 heterocycles. The lowest BCUT2D eigenvalue weighted by atomic mass is 10.0. The van der Waals surface area contributed by atoms with Crippen LogP contribution >= 0.6 is 0 Å². The van der Waals surface area contributed by atoms with E-state index in [0.29, 0.717) is 6.42 Å². The van der Waals surface area contributed by atoms with Crippen molar-refractivity contribution in [1.82, 2.24) is 5.32 Å². The van der Waals surface area contributed by atoms with Gasteiger partial charge in [0.2, 0.25) is 5.91 Å². The van der Waals surface area contributed by atoms with Crippen molar-refractivity contribution in [3.8, 4) is 0 Å². The Morgan fingerprint density at radius 2 is 1.15 bits per heavy atom. The summed E-state index contributed by atoms with van der Waals surface area (Å²) in [6.07, 6.45) is 34.0. The van der Waals surface area contributed by atoms with Gasteiger partial charge >= 0.3 is 0 Å². The third-order valence-corrected chi connectivity index (χ3v) is 7.17. The van der Waals surface area contributed by atoms with Crippen molar-refractivity contribution in [2.24, 2.45) is 0 Å². The molecule has 5 heteroatoms. The van der Waals surface area contributed by atoms with E-state index in [1.807, 2.05) is 6.08 Å². The van der Waals surface area contributed by atoms with Gasteiger partial charge in [0.05, 0.1) is 31.3 Å². The maximum atomic E-state index is 12.3. The van der Waals surface area contributed by atoms with E-state index >= 15 is 0 Å². The molecule has 0 aromatic heterocycles. The van der Waals surface area contributed by atoms with Gasteiger partial charge in [-0.1, -0.05) is 127 Å². The van der Waals surface area contributed by atoms with Crippen molar-refractivity contribution < 1.29 is 20.1 Å². The molecule has 0 aromatic carbocycles. The SMILES string of the molecule is CCCCC/C=C\C/C=C\CCCCCCCC(O)CC(=O)NC(CO)C(O)/C=C/CCCCCCCCC. The van der Waals surface area contributed by atoms with Crippen molar-refractivity contribution >= 4 is 5.91 Å². The Balaban J connectivity index is 3.81. The summed E-state index contributed by atoms with van der Waals surface area (Å²) in [5.41, 5.74) is 0. The van der Waals surface area contributed by atoms with Crippen molar-refractivity contribution in [2.75, 3.05) is 6.61 Å². The van der Waals surface area contributed by atoms with E-state index in [4.69, 9.17) is 0 Å². The van der Waals surface area contributed by atoms with E-state index in [2.05, 4.69) is 43.5 Å². The Morgan fingerprint density at radius 1 is 0.667 bits per heavy atom. The zero-order valence-electron chi connectivity index (χ0n) is 25.5. The van der Waals surface area contributed by atoms with Crippen molar-refractivity contribution in [2.45, 2.75) is 167 Å². The van der Waals surface area contributed by atoms with Crippen molar-refractivity contribution in [1.29, 1.82) is 0 Å². The zero-order valence-corrected chi connectivity index (χ0v) is 25.5. The number of carbonyl (C=O) groups excluding carboxylic acids is 1. The Bertz CT molecular complexity index is 616. The molecule has 0 rings (SSSR count). The summed E-state index contributed by atoms with van der Waals surface area (Å²) in [5, 5.41) is 32.8.